The van der Waals surface area contributed by atoms with Gasteiger partial charge >= 0.3 is 0 Å². The zero-order chi connectivity index (χ0) is 18.7. The molecule has 1 N–H and O–H groups in total. The quantitative estimate of drug-likeness (QED) is 0.820. The molecule has 2 saturated heterocycles. The average molecular weight is 363 g/mol. The Morgan fingerprint density at radius 2 is 2.08 bits per heavy atom. The number of ether oxygens (including phenoxy) is 1. The summed E-state index contributed by atoms with van der Waals surface area (Å²) in [6, 6.07) is 5.74. The van der Waals surface area contributed by atoms with Crippen LogP contribution in [0, 0.1) is 11.2 Å². The Morgan fingerprint density at radius 1 is 1.38 bits per heavy atom. The van der Waals surface area contributed by atoms with Gasteiger partial charge in [-0.05, 0) is 17.7 Å². The molecule has 0 aromatic heterocycles. The summed E-state index contributed by atoms with van der Waals surface area (Å²) in [5.41, 5.74) is 0.929. The lowest BCUT2D eigenvalue weighted by Gasteiger charge is -2.41. The molecule has 2 heterocycles. The first-order valence-electron chi connectivity index (χ1n) is 8.94. The highest BCUT2D eigenvalue weighted by molar-refractivity contribution is 5.88. The average Bonchev–Trinajstić information content (AvgIpc) is 2.58. The van der Waals surface area contributed by atoms with Gasteiger partial charge in [0.1, 0.15) is 5.82 Å². The van der Waals surface area contributed by atoms with Gasteiger partial charge in [-0.25, -0.2) is 4.39 Å². The lowest BCUT2D eigenvalue weighted by atomic mass is 9.88. The number of amides is 2. The topological polar surface area (TPSA) is 61.9 Å². The van der Waals surface area contributed by atoms with Gasteiger partial charge in [0.2, 0.25) is 11.8 Å². The molecule has 0 aliphatic carbocycles. The molecule has 1 unspecified atom stereocenters. The lowest BCUT2D eigenvalue weighted by Crippen LogP contribution is -2.56. The first-order valence-corrected chi connectivity index (χ1v) is 8.94. The van der Waals surface area contributed by atoms with Crippen molar-refractivity contribution >= 4 is 11.8 Å². The van der Waals surface area contributed by atoms with Gasteiger partial charge < -0.3 is 15.0 Å². The molecule has 2 fully saturated rings. The summed E-state index contributed by atoms with van der Waals surface area (Å²) in [6.07, 6.45) is 0.139. The Morgan fingerprint density at radius 3 is 2.69 bits per heavy atom. The second kappa shape index (κ2) is 7.72. The minimum absolute atomic E-state index is 0.00698. The van der Waals surface area contributed by atoms with E-state index in [-0.39, 0.29) is 29.5 Å². The van der Waals surface area contributed by atoms with Crippen molar-refractivity contribution in [1.29, 1.82) is 0 Å². The molecule has 7 heteroatoms. The van der Waals surface area contributed by atoms with Gasteiger partial charge in [0.15, 0.2) is 0 Å². The van der Waals surface area contributed by atoms with E-state index >= 15 is 0 Å². The Kier molecular flexibility index (Phi) is 5.58. The first-order chi connectivity index (χ1) is 12.4. The number of piperazine rings is 1. The molecule has 6 nitrogen and oxygen atoms in total. The van der Waals surface area contributed by atoms with Gasteiger partial charge in [0.05, 0.1) is 25.7 Å². The summed E-state index contributed by atoms with van der Waals surface area (Å²) in [7, 11) is 1.77. The first kappa shape index (κ1) is 18.8. The smallest absolute Gasteiger partial charge is 0.237 e. The van der Waals surface area contributed by atoms with Crippen molar-refractivity contribution in [3.63, 3.8) is 0 Å². The Balaban J connectivity index is 1.63. The second-order valence-corrected chi connectivity index (χ2v) is 7.66. The molecule has 2 amide bonds. The van der Waals surface area contributed by atoms with Crippen molar-refractivity contribution < 1.29 is 18.7 Å². The number of hydrogen-bond acceptors (Lipinski definition) is 4. The van der Waals surface area contributed by atoms with Gasteiger partial charge in [-0.15, -0.1) is 0 Å². The van der Waals surface area contributed by atoms with Crippen LogP contribution in [-0.2, 0) is 20.9 Å². The monoisotopic (exact) mass is 363 g/mol. The molecule has 26 heavy (non-hydrogen) atoms. The Bertz CT molecular complexity index is 660. The number of nitrogens with zero attached hydrogens (tertiary/aromatic N) is 2. The summed E-state index contributed by atoms with van der Waals surface area (Å²) < 4.78 is 18.3. The van der Waals surface area contributed by atoms with E-state index in [9.17, 15) is 14.0 Å². The summed E-state index contributed by atoms with van der Waals surface area (Å²) in [5, 5.41) is 2.84. The zero-order valence-corrected chi connectivity index (χ0v) is 15.3. The van der Waals surface area contributed by atoms with E-state index in [1.807, 2.05) is 4.90 Å². The van der Waals surface area contributed by atoms with E-state index < -0.39 is 6.04 Å². The predicted molar refractivity (Wildman–Crippen MR) is 94.8 cm³/mol. The van der Waals surface area contributed by atoms with E-state index in [4.69, 9.17) is 4.74 Å². The van der Waals surface area contributed by atoms with Gasteiger partial charge in [-0.3, -0.25) is 14.5 Å². The van der Waals surface area contributed by atoms with Crippen LogP contribution in [0.1, 0.15) is 18.9 Å². The maximum Gasteiger partial charge on any atom is 0.237 e. The lowest BCUT2D eigenvalue weighted by molar-refractivity contribution is -0.146. The van der Waals surface area contributed by atoms with Crippen LogP contribution in [-0.4, -0.2) is 67.6 Å². The van der Waals surface area contributed by atoms with Crippen molar-refractivity contribution in [2.75, 3.05) is 39.9 Å². The minimum atomic E-state index is -0.505. The van der Waals surface area contributed by atoms with Crippen LogP contribution >= 0.6 is 0 Å². The molecule has 0 spiro atoms. The molecule has 142 valence electrons. The van der Waals surface area contributed by atoms with Crippen LogP contribution in [0.4, 0.5) is 4.39 Å². The van der Waals surface area contributed by atoms with Crippen molar-refractivity contribution in [3.05, 3.63) is 35.6 Å². The number of carbonyl (C=O) groups excluding carboxylic acids is 2. The van der Waals surface area contributed by atoms with E-state index in [0.29, 0.717) is 39.4 Å². The SMILES string of the molecule is CN(CC1(C)COC1)C(=O)CC1C(=O)NCCN1Cc1ccc(F)cc1. The number of halogens is 1. The molecule has 0 radical (unpaired) electrons. The summed E-state index contributed by atoms with van der Waals surface area (Å²) in [6.45, 7) is 5.76. The highest BCUT2D eigenvalue weighted by Gasteiger charge is 2.37. The largest absolute Gasteiger partial charge is 0.380 e. The highest BCUT2D eigenvalue weighted by atomic mass is 19.1. The maximum absolute atomic E-state index is 13.1. The molecule has 1 aromatic carbocycles. The molecule has 1 aromatic rings. The maximum atomic E-state index is 13.1. The Hall–Kier alpha value is -1.99. The molecule has 3 rings (SSSR count). The highest BCUT2D eigenvalue weighted by Crippen LogP contribution is 2.27. The number of nitrogens with one attached hydrogen (secondary N) is 1. The molecule has 0 saturated carbocycles. The van der Waals surface area contributed by atoms with E-state index in [0.717, 1.165) is 5.56 Å². The van der Waals surface area contributed by atoms with Gasteiger partial charge in [0.25, 0.3) is 0 Å². The zero-order valence-electron chi connectivity index (χ0n) is 15.3. The number of benzene rings is 1. The van der Waals surface area contributed by atoms with Gasteiger partial charge in [-0.1, -0.05) is 19.1 Å². The number of rotatable bonds is 6. The van der Waals surface area contributed by atoms with E-state index in [1.165, 1.54) is 12.1 Å². The standard InChI is InChI=1S/C19H26FN3O3/c1-19(12-26-13-19)11-22(2)17(24)9-16-18(25)21-7-8-23(16)10-14-3-5-15(20)6-4-14/h3-6,16H,7-13H2,1-2H3,(H,21,25). The second-order valence-electron chi connectivity index (χ2n) is 7.66. The molecular formula is C19H26FN3O3. The van der Waals surface area contributed by atoms with Crippen molar-refractivity contribution in [1.82, 2.24) is 15.1 Å². The van der Waals surface area contributed by atoms with Crippen molar-refractivity contribution in [2.45, 2.75) is 25.9 Å². The normalized spacial score (nSPS) is 22.4. The summed E-state index contributed by atoms with van der Waals surface area (Å²) in [5.74, 6) is -0.463. The van der Waals surface area contributed by atoms with Gasteiger partial charge in [0, 0.05) is 38.6 Å². The fraction of sp³-hybridized carbons (Fsp3) is 0.579. The number of hydrogen-bond donors (Lipinski definition) is 1. The third kappa shape index (κ3) is 4.40. The third-order valence-electron chi connectivity index (χ3n) is 5.05. The van der Waals surface area contributed by atoms with Crippen LogP contribution in [0.5, 0.6) is 0 Å². The third-order valence-corrected chi connectivity index (χ3v) is 5.05. The van der Waals surface area contributed by atoms with E-state index in [2.05, 4.69) is 12.2 Å². The van der Waals surface area contributed by atoms with E-state index in [1.54, 1.807) is 24.1 Å². The van der Waals surface area contributed by atoms with Crippen LogP contribution < -0.4 is 5.32 Å². The van der Waals surface area contributed by atoms with Crippen molar-refractivity contribution in [3.8, 4) is 0 Å². The van der Waals surface area contributed by atoms with Crippen LogP contribution in [0.15, 0.2) is 24.3 Å². The molecule has 2 aliphatic heterocycles. The van der Waals surface area contributed by atoms with Crippen LogP contribution in [0.25, 0.3) is 0 Å². The fourth-order valence-corrected chi connectivity index (χ4v) is 3.52. The fourth-order valence-electron chi connectivity index (χ4n) is 3.52. The molecule has 1 atom stereocenters. The van der Waals surface area contributed by atoms with Crippen molar-refractivity contribution in [2.24, 2.45) is 5.41 Å². The predicted octanol–water partition coefficient (Wildman–Crippen LogP) is 1.01. The molecule has 2 aliphatic rings. The molecular weight excluding hydrogens is 337 g/mol. The van der Waals surface area contributed by atoms with Gasteiger partial charge in [-0.2, -0.15) is 0 Å². The van der Waals surface area contributed by atoms with Crippen LogP contribution in [0.3, 0.4) is 0 Å². The van der Waals surface area contributed by atoms with Crippen LogP contribution in [0.2, 0.25) is 0 Å². The Labute approximate surface area is 153 Å². The molecule has 0 bridgehead atoms. The summed E-state index contributed by atoms with van der Waals surface area (Å²) >= 11 is 0. The summed E-state index contributed by atoms with van der Waals surface area (Å²) in [4.78, 5) is 28.7. The number of carbonyl (C=O) groups is 2. The minimum Gasteiger partial charge on any atom is -0.380 e.